The zero-order chi connectivity index (χ0) is 44.0. The molecule has 0 unspecified atom stereocenters. The molecule has 8 heteroatoms. The van der Waals surface area contributed by atoms with Crippen LogP contribution in [0.25, 0.3) is 55.0 Å². The van der Waals surface area contributed by atoms with Gasteiger partial charge in [-0.05, 0) is 125 Å². The summed E-state index contributed by atoms with van der Waals surface area (Å²) >= 11 is 0. The van der Waals surface area contributed by atoms with Crippen molar-refractivity contribution in [2.75, 3.05) is 28.4 Å². The van der Waals surface area contributed by atoms with Crippen LogP contribution in [0.5, 0.6) is 23.0 Å². The molecule has 0 spiro atoms. The Labute approximate surface area is 374 Å². The first-order valence-electron chi connectivity index (χ1n) is 21.9. The Bertz CT molecular complexity index is 3080. The summed E-state index contributed by atoms with van der Waals surface area (Å²) in [6, 6.07) is 53.2. The maximum Gasteiger partial charge on any atom is 0.240 e. The van der Waals surface area contributed by atoms with E-state index in [0.29, 0.717) is 0 Å². The second-order valence-electron chi connectivity index (χ2n) is 17.3. The van der Waals surface area contributed by atoms with Crippen molar-refractivity contribution in [1.82, 2.24) is 9.13 Å². The van der Waals surface area contributed by atoms with E-state index in [-0.39, 0.29) is 13.4 Å². The molecule has 0 aliphatic carbocycles. The highest BCUT2D eigenvalue weighted by molar-refractivity contribution is 7.11. The minimum absolute atomic E-state index is 0.0656. The lowest BCUT2D eigenvalue weighted by atomic mass is 9.20. The minimum atomic E-state index is 0.0656. The van der Waals surface area contributed by atoms with Crippen molar-refractivity contribution in [2.24, 2.45) is 0 Å². The van der Waals surface area contributed by atoms with Gasteiger partial charge in [-0.3, -0.25) is 0 Å². The number of nitrogens with zero attached hydrogens (tertiary/aromatic N) is 2. The molecular formula is C56H48B2N2O4. The number of methoxy groups -OCH3 is 4. The van der Waals surface area contributed by atoms with Gasteiger partial charge in [-0.2, -0.15) is 0 Å². The molecule has 0 saturated carbocycles. The van der Waals surface area contributed by atoms with Gasteiger partial charge in [-0.1, -0.05) is 104 Å². The van der Waals surface area contributed by atoms with Crippen molar-refractivity contribution in [3.05, 3.63) is 168 Å². The molecule has 0 radical (unpaired) electrons. The highest BCUT2D eigenvalue weighted by Gasteiger charge is 2.40. The second-order valence-corrected chi connectivity index (χ2v) is 17.3. The fraction of sp³-hybridized carbons (Fsp3) is 0.143. The van der Waals surface area contributed by atoms with Crippen LogP contribution in [0.4, 0.5) is 0 Å². The lowest BCUT2D eigenvalue weighted by Crippen LogP contribution is -2.75. The van der Waals surface area contributed by atoms with Crippen molar-refractivity contribution in [1.29, 1.82) is 0 Å². The number of hydrogen-bond donors (Lipinski definition) is 0. The van der Waals surface area contributed by atoms with E-state index in [1.165, 1.54) is 55.0 Å². The molecular weight excluding hydrogens is 786 g/mol. The van der Waals surface area contributed by atoms with E-state index in [9.17, 15) is 0 Å². The van der Waals surface area contributed by atoms with E-state index in [4.69, 9.17) is 18.9 Å². The Balaban J connectivity index is 1.05. The molecule has 0 N–H and O–H groups in total. The number of aromatic nitrogens is 2. The molecule has 0 fully saturated rings. The Hall–Kier alpha value is -7.31. The zero-order valence-electron chi connectivity index (χ0n) is 37.5. The van der Waals surface area contributed by atoms with Gasteiger partial charge in [-0.15, -0.1) is 0 Å². The van der Waals surface area contributed by atoms with Crippen molar-refractivity contribution in [3.8, 4) is 34.4 Å². The van der Waals surface area contributed by atoms with Gasteiger partial charge in [0.05, 0.1) is 50.5 Å². The Kier molecular flexibility index (Phi) is 9.39. The van der Waals surface area contributed by atoms with Crippen LogP contribution in [-0.2, 0) is 0 Å². The summed E-state index contributed by atoms with van der Waals surface area (Å²) in [5.74, 6) is 3.32. The standard InChI is InChI=1S/C56H48B2N2O4/c1-33-25-37(59-51-21-17-39(61-5)29-43(51)44-30-40(62-6)18-22-52(44)59)26-34(2)55(33)57-47-13-9-11-15-49(47)58(50-16-12-10-14-48(50)57)56-35(3)27-38(28-36(56)4)60-53-23-19-41(63-7)31-45(53)46-32-42(64-8)20-24-54(46)60/h9-32H,1-8H3. The van der Waals surface area contributed by atoms with Crippen LogP contribution in [0, 0.1) is 27.7 Å². The van der Waals surface area contributed by atoms with Crippen LogP contribution >= 0.6 is 0 Å². The molecule has 0 atom stereocenters. The van der Waals surface area contributed by atoms with Gasteiger partial charge in [0.15, 0.2) is 0 Å². The van der Waals surface area contributed by atoms with Gasteiger partial charge < -0.3 is 28.1 Å². The fourth-order valence-electron chi connectivity index (χ4n) is 11.1. The van der Waals surface area contributed by atoms with Crippen LogP contribution in [0.1, 0.15) is 22.3 Å². The number of benzene rings is 8. The first-order chi connectivity index (χ1) is 31.2. The predicted molar refractivity (Wildman–Crippen MR) is 269 cm³/mol. The summed E-state index contributed by atoms with van der Waals surface area (Å²) < 4.78 is 27.5. The van der Waals surface area contributed by atoms with Crippen LogP contribution in [0.2, 0.25) is 0 Å². The molecule has 312 valence electrons. The molecule has 64 heavy (non-hydrogen) atoms. The molecule has 8 aromatic carbocycles. The van der Waals surface area contributed by atoms with Crippen molar-refractivity contribution >= 4 is 89.8 Å². The maximum absolute atomic E-state index is 5.68. The van der Waals surface area contributed by atoms with Crippen LogP contribution in [-0.4, -0.2) is 51.0 Å². The van der Waals surface area contributed by atoms with E-state index in [1.54, 1.807) is 28.4 Å². The Morgan fingerprint density at radius 3 is 0.812 bits per heavy atom. The van der Waals surface area contributed by atoms with Gasteiger partial charge in [0, 0.05) is 32.9 Å². The number of fused-ring (bicyclic) bond motifs is 8. The summed E-state index contributed by atoms with van der Waals surface area (Å²) in [7, 11) is 6.88. The molecule has 1 aliphatic rings. The van der Waals surface area contributed by atoms with Gasteiger partial charge in [0.25, 0.3) is 0 Å². The molecule has 2 aromatic heterocycles. The van der Waals surface area contributed by atoms with E-state index in [2.05, 4.69) is 158 Å². The smallest absolute Gasteiger partial charge is 0.240 e. The van der Waals surface area contributed by atoms with E-state index in [1.807, 2.05) is 24.3 Å². The van der Waals surface area contributed by atoms with Gasteiger partial charge in [0.2, 0.25) is 13.4 Å². The maximum atomic E-state index is 5.68. The van der Waals surface area contributed by atoms with Crippen LogP contribution in [0.15, 0.2) is 146 Å². The third-order valence-electron chi connectivity index (χ3n) is 13.8. The van der Waals surface area contributed by atoms with Crippen molar-refractivity contribution < 1.29 is 18.9 Å². The molecule has 6 nitrogen and oxygen atoms in total. The summed E-state index contributed by atoms with van der Waals surface area (Å²) in [5, 5.41) is 4.51. The molecule has 0 saturated heterocycles. The number of ether oxygens (including phenoxy) is 4. The molecule has 0 bridgehead atoms. The Morgan fingerprint density at radius 1 is 0.328 bits per heavy atom. The molecule has 10 aromatic rings. The van der Waals surface area contributed by atoms with Crippen LogP contribution < -0.4 is 51.7 Å². The third-order valence-corrected chi connectivity index (χ3v) is 13.8. The summed E-state index contributed by atoms with van der Waals surface area (Å²) in [5.41, 5.74) is 20.0. The number of aryl methyl sites for hydroxylation is 4. The third kappa shape index (κ3) is 5.96. The normalized spacial score (nSPS) is 12.3. The first kappa shape index (κ1) is 39.5. The quantitative estimate of drug-likeness (QED) is 0.144. The van der Waals surface area contributed by atoms with Crippen molar-refractivity contribution in [3.63, 3.8) is 0 Å². The summed E-state index contributed by atoms with van der Waals surface area (Å²) in [6.07, 6.45) is 0. The lowest BCUT2D eigenvalue weighted by Gasteiger charge is -2.34. The second kappa shape index (κ2) is 15.2. The highest BCUT2D eigenvalue weighted by Crippen LogP contribution is 2.38. The first-order valence-corrected chi connectivity index (χ1v) is 21.9. The molecule has 3 heterocycles. The molecule has 1 aliphatic heterocycles. The minimum Gasteiger partial charge on any atom is -0.497 e. The monoisotopic (exact) mass is 834 g/mol. The summed E-state index contributed by atoms with van der Waals surface area (Å²) in [6.45, 7) is 9.29. The molecule has 0 amide bonds. The average Bonchev–Trinajstić information content (AvgIpc) is 3.82. The topological polar surface area (TPSA) is 46.8 Å². The largest absolute Gasteiger partial charge is 0.497 e. The van der Waals surface area contributed by atoms with Crippen molar-refractivity contribution in [2.45, 2.75) is 27.7 Å². The SMILES string of the molecule is COc1ccc2c(c1)c1cc(OC)ccc1n2-c1cc(C)c(B2c3ccccc3B(c3c(C)cc(-n4c5ccc(OC)cc5c5cc(OC)ccc54)cc3C)c3ccccc32)c(C)c1. The number of rotatable bonds is 8. The predicted octanol–water partition coefficient (Wildman–Crippen LogP) is 8.49. The van der Waals surface area contributed by atoms with Gasteiger partial charge in [0.1, 0.15) is 23.0 Å². The molecule has 11 rings (SSSR count). The zero-order valence-corrected chi connectivity index (χ0v) is 37.5. The average molecular weight is 835 g/mol. The Morgan fingerprint density at radius 2 is 0.578 bits per heavy atom. The van der Waals surface area contributed by atoms with Crippen LogP contribution in [0.3, 0.4) is 0 Å². The van der Waals surface area contributed by atoms with Gasteiger partial charge >= 0.3 is 0 Å². The number of hydrogen-bond acceptors (Lipinski definition) is 4. The highest BCUT2D eigenvalue weighted by atomic mass is 16.5. The van der Waals surface area contributed by atoms with Gasteiger partial charge in [-0.25, -0.2) is 0 Å². The summed E-state index contributed by atoms with van der Waals surface area (Å²) in [4.78, 5) is 0. The fourth-order valence-corrected chi connectivity index (χ4v) is 11.1. The lowest BCUT2D eigenvalue weighted by molar-refractivity contribution is 0.415. The van der Waals surface area contributed by atoms with E-state index < -0.39 is 0 Å². The van der Waals surface area contributed by atoms with E-state index >= 15 is 0 Å². The van der Waals surface area contributed by atoms with E-state index in [0.717, 1.165) is 78.0 Å².